The fraction of sp³-hybridized carbons (Fsp3) is 0.667. The van der Waals surface area contributed by atoms with Crippen LogP contribution in [0.1, 0.15) is 56.2 Å². The molecule has 2 heterocycles. The molecule has 0 spiro atoms. The molecule has 1 fully saturated rings. The third-order valence-corrected chi connectivity index (χ3v) is 4.11. The third kappa shape index (κ3) is 5.28. The number of ether oxygens (including phenoxy) is 1. The van der Waals surface area contributed by atoms with Gasteiger partial charge in [0, 0.05) is 19.6 Å². The summed E-state index contributed by atoms with van der Waals surface area (Å²) < 4.78 is 10.6. The summed E-state index contributed by atoms with van der Waals surface area (Å²) in [6, 6.07) is 1.68. The van der Waals surface area contributed by atoms with Crippen molar-refractivity contribution in [2.75, 3.05) is 19.6 Å². The molecule has 1 aromatic rings. The third-order valence-electron chi connectivity index (χ3n) is 4.11. The smallest absolute Gasteiger partial charge is 0.410 e. The molecule has 0 bridgehead atoms. The minimum atomic E-state index is -0.472. The van der Waals surface area contributed by atoms with Crippen LogP contribution in [0.5, 0.6) is 0 Å². The Bertz CT molecular complexity index is 574. The number of hydrogen-bond acceptors (Lipinski definition) is 4. The van der Waals surface area contributed by atoms with E-state index in [4.69, 9.17) is 9.15 Å². The summed E-state index contributed by atoms with van der Waals surface area (Å²) >= 11 is 0. The van der Waals surface area contributed by atoms with Crippen LogP contribution in [0.25, 0.3) is 0 Å². The van der Waals surface area contributed by atoms with Crippen molar-refractivity contribution in [1.29, 1.82) is 0 Å². The van der Waals surface area contributed by atoms with Crippen LogP contribution in [0, 0.1) is 12.8 Å². The summed E-state index contributed by atoms with van der Waals surface area (Å²) in [5, 5.41) is 2.92. The van der Waals surface area contributed by atoms with E-state index in [0.717, 1.165) is 25.8 Å². The van der Waals surface area contributed by atoms with Crippen molar-refractivity contribution in [2.45, 2.75) is 52.6 Å². The summed E-state index contributed by atoms with van der Waals surface area (Å²) in [4.78, 5) is 26.0. The number of nitrogens with one attached hydrogen (secondary N) is 1. The number of furan rings is 1. The fourth-order valence-electron chi connectivity index (χ4n) is 2.90. The van der Waals surface area contributed by atoms with E-state index in [-0.39, 0.29) is 12.0 Å². The van der Waals surface area contributed by atoms with E-state index >= 15 is 0 Å². The van der Waals surface area contributed by atoms with Crippen LogP contribution in [0.15, 0.2) is 16.7 Å². The minimum absolute atomic E-state index is 0.110. The summed E-state index contributed by atoms with van der Waals surface area (Å²) in [5.74, 6) is 0.902. The number of hydrogen-bond donors (Lipinski definition) is 1. The number of amides is 2. The highest BCUT2D eigenvalue weighted by Gasteiger charge is 2.27. The Morgan fingerprint density at radius 2 is 2.17 bits per heavy atom. The SMILES string of the molecule is Cc1occc1C(=O)NCC[C@H]1CCCN(C(=O)OC(C)(C)C)C1. The van der Waals surface area contributed by atoms with Crippen molar-refractivity contribution in [3.63, 3.8) is 0 Å². The van der Waals surface area contributed by atoms with Crippen LogP contribution in [-0.4, -0.2) is 42.1 Å². The molecular formula is C18H28N2O4. The highest BCUT2D eigenvalue weighted by molar-refractivity contribution is 5.94. The molecule has 0 aliphatic carbocycles. The average Bonchev–Trinajstić information content (AvgIpc) is 2.92. The highest BCUT2D eigenvalue weighted by Crippen LogP contribution is 2.21. The van der Waals surface area contributed by atoms with Gasteiger partial charge in [0.15, 0.2) is 0 Å². The van der Waals surface area contributed by atoms with Gasteiger partial charge in [-0.25, -0.2) is 4.79 Å². The standard InChI is InChI=1S/C18H28N2O4/c1-13-15(8-11-23-13)16(21)19-9-7-14-6-5-10-20(12-14)17(22)24-18(2,3)4/h8,11,14H,5-7,9-10,12H2,1-4H3,(H,19,21)/t14-/m1/s1. The van der Waals surface area contributed by atoms with Gasteiger partial charge in [-0.1, -0.05) is 0 Å². The van der Waals surface area contributed by atoms with Gasteiger partial charge < -0.3 is 19.4 Å². The van der Waals surface area contributed by atoms with Crippen LogP contribution in [0.3, 0.4) is 0 Å². The number of carbonyl (C=O) groups is 2. The first-order valence-corrected chi connectivity index (χ1v) is 8.56. The summed E-state index contributed by atoms with van der Waals surface area (Å²) in [6.07, 6.45) is 4.16. The number of piperidine rings is 1. The predicted molar refractivity (Wildman–Crippen MR) is 90.9 cm³/mol. The quantitative estimate of drug-likeness (QED) is 0.915. The maximum atomic E-state index is 12.2. The minimum Gasteiger partial charge on any atom is -0.469 e. The van der Waals surface area contributed by atoms with Crippen LogP contribution < -0.4 is 5.32 Å². The van der Waals surface area contributed by atoms with Crippen LogP contribution in [0.4, 0.5) is 4.79 Å². The van der Waals surface area contributed by atoms with Crippen LogP contribution in [-0.2, 0) is 4.74 Å². The molecule has 6 heteroatoms. The lowest BCUT2D eigenvalue weighted by Gasteiger charge is -2.34. The van der Waals surface area contributed by atoms with Gasteiger partial charge >= 0.3 is 6.09 Å². The molecule has 1 saturated heterocycles. The van der Waals surface area contributed by atoms with Crippen molar-refractivity contribution >= 4 is 12.0 Å². The Morgan fingerprint density at radius 1 is 1.42 bits per heavy atom. The van der Waals surface area contributed by atoms with Gasteiger partial charge in [0.2, 0.25) is 0 Å². The molecule has 1 aromatic heterocycles. The van der Waals surface area contributed by atoms with E-state index in [1.165, 1.54) is 6.26 Å². The molecule has 0 aromatic carbocycles. The van der Waals surface area contributed by atoms with E-state index in [9.17, 15) is 9.59 Å². The zero-order chi connectivity index (χ0) is 17.7. The van der Waals surface area contributed by atoms with Gasteiger partial charge in [-0.3, -0.25) is 4.79 Å². The van der Waals surface area contributed by atoms with Crippen molar-refractivity contribution < 1.29 is 18.7 Å². The molecule has 134 valence electrons. The Morgan fingerprint density at radius 3 is 2.79 bits per heavy atom. The second-order valence-electron chi connectivity index (χ2n) is 7.37. The molecule has 0 saturated carbocycles. The molecule has 6 nitrogen and oxygen atoms in total. The molecule has 1 N–H and O–H groups in total. The lowest BCUT2D eigenvalue weighted by molar-refractivity contribution is 0.0161. The molecule has 1 aliphatic heterocycles. The Kier molecular flexibility index (Phi) is 5.91. The zero-order valence-corrected chi connectivity index (χ0v) is 15.1. The molecule has 1 atom stereocenters. The second-order valence-corrected chi connectivity index (χ2v) is 7.37. The number of carbonyl (C=O) groups excluding carboxylic acids is 2. The molecule has 1 aliphatic rings. The number of aryl methyl sites for hydroxylation is 1. The Labute approximate surface area is 143 Å². The molecule has 0 radical (unpaired) electrons. The maximum absolute atomic E-state index is 12.2. The summed E-state index contributed by atoms with van der Waals surface area (Å²) in [5.41, 5.74) is 0.106. The maximum Gasteiger partial charge on any atom is 0.410 e. The van der Waals surface area contributed by atoms with Gasteiger partial charge in [0.05, 0.1) is 11.8 Å². The Balaban J connectivity index is 1.76. The van der Waals surface area contributed by atoms with E-state index in [0.29, 0.717) is 30.3 Å². The topological polar surface area (TPSA) is 71.8 Å². The van der Waals surface area contributed by atoms with Crippen molar-refractivity contribution in [2.24, 2.45) is 5.92 Å². The van der Waals surface area contributed by atoms with Crippen LogP contribution in [0.2, 0.25) is 0 Å². The van der Waals surface area contributed by atoms with Gasteiger partial charge in [-0.05, 0) is 58.9 Å². The van der Waals surface area contributed by atoms with Gasteiger partial charge in [0.25, 0.3) is 5.91 Å². The van der Waals surface area contributed by atoms with E-state index in [2.05, 4.69) is 5.32 Å². The van der Waals surface area contributed by atoms with E-state index < -0.39 is 5.60 Å². The lowest BCUT2D eigenvalue weighted by Crippen LogP contribution is -2.43. The zero-order valence-electron chi connectivity index (χ0n) is 15.1. The number of likely N-dealkylation sites (tertiary alicyclic amines) is 1. The molecular weight excluding hydrogens is 308 g/mol. The van der Waals surface area contributed by atoms with Gasteiger partial charge in [-0.2, -0.15) is 0 Å². The summed E-state index contributed by atoms with van der Waals surface area (Å²) in [7, 11) is 0. The van der Waals surface area contributed by atoms with Crippen molar-refractivity contribution in [1.82, 2.24) is 10.2 Å². The summed E-state index contributed by atoms with van der Waals surface area (Å²) in [6.45, 7) is 9.42. The molecule has 2 amide bonds. The lowest BCUT2D eigenvalue weighted by atomic mass is 9.95. The first-order chi connectivity index (χ1) is 11.3. The fourth-order valence-corrected chi connectivity index (χ4v) is 2.90. The highest BCUT2D eigenvalue weighted by atomic mass is 16.6. The van der Waals surface area contributed by atoms with Crippen molar-refractivity contribution in [3.05, 3.63) is 23.7 Å². The molecule has 24 heavy (non-hydrogen) atoms. The largest absolute Gasteiger partial charge is 0.469 e. The van der Waals surface area contributed by atoms with Crippen LogP contribution >= 0.6 is 0 Å². The normalized spacial score (nSPS) is 18.3. The van der Waals surface area contributed by atoms with E-state index in [1.54, 1.807) is 17.9 Å². The van der Waals surface area contributed by atoms with Gasteiger partial charge in [0.1, 0.15) is 11.4 Å². The monoisotopic (exact) mass is 336 g/mol. The molecule has 2 rings (SSSR count). The molecule has 0 unspecified atom stereocenters. The van der Waals surface area contributed by atoms with E-state index in [1.807, 2.05) is 20.8 Å². The number of nitrogens with zero attached hydrogens (tertiary/aromatic N) is 1. The average molecular weight is 336 g/mol. The van der Waals surface area contributed by atoms with Crippen molar-refractivity contribution in [3.8, 4) is 0 Å². The predicted octanol–water partition coefficient (Wildman–Crippen LogP) is 3.36. The Hall–Kier alpha value is -1.98. The first-order valence-electron chi connectivity index (χ1n) is 8.56. The number of rotatable bonds is 4. The van der Waals surface area contributed by atoms with Gasteiger partial charge in [-0.15, -0.1) is 0 Å². The first kappa shape index (κ1) is 18.4. The second kappa shape index (κ2) is 7.73.